The zero-order valence-electron chi connectivity index (χ0n) is 14.5. The summed E-state index contributed by atoms with van der Waals surface area (Å²) in [4.78, 5) is 29.0. The van der Waals surface area contributed by atoms with Gasteiger partial charge in [0, 0.05) is 28.2 Å². The van der Waals surface area contributed by atoms with Gasteiger partial charge in [0.1, 0.15) is 0 Å². The average Bonchev–Trinajstić information content (AvgIpc) is 3.36. The lowest BCUT2D eigenvalue weighted by Crippen LogP contribution is -2.23. The number of benzene rings is 2. The number of nitrogens with one attached hydrogen (secondary N) is 1. The van der Waals surface area contributed by atoms with E-state index in [0.717, 1.165) is 36.6 Å². The summed E-state index contributed by atoms with van der Waals surface area (Å²) in [5.41, 5.74) is 2.15. The zero-order chi connectivity index (χ0) is 17.9. The quantitative estimate of drug-likeness (QED) is 0.531. The lowest BCUT2D eigenvalue weighted by molar-refractivity contribution is -0.152. The predicted octanol–water partition coefficient (Wildman–Crippen LogP) is 4.83. The standard InChI is InChI=1S/C22H21NO3/c24-20(18-14-23-19-13-7-6-12-17(18)19)21(15-8-2-1-3-9-15)26-22(25)16-10-4-5-11-16/h1-3,6-9,12-14,16,21,23H,4-5,10-11H2/t21-/m1/s1. The van der Waals surface area contributed by atoms with Gasteiger partial charge in [0.25, 0.3) is 0 Å². The number of aromatic amines is 1. The lowest BCUT2D eigenvalue weighted by atomic mass is 9.99. The molecular weight excluding hydrogens is 326 g/mol. The normalized spacial score (nSPS) is 15.8. The fourth-order valence-electron chi connectivity index (χ4n) is 3.69. The third-order valence-electron chi connectivity index (χ3n) is 5.12. The molecule has 4 nitrogen and oxygen atoms in total. The number of Topliss-reactive ketones (excluding diaryl/α,β-unsaturated/α-hetero) is 1. The van der Waals surface area contributed by atoms with Gasteiger partial charge in [-0.15, -0.1) is 0 Å². The van der Waals surface area contributed by atoms with E-state index in [0.29, 0.717) is 11.1 Å². The first kappa shape index (κ1) is 16.6. The molecule has 0 saturated heterocycles. The van der Waals surface area contributed by atoms with Gasteiger partial charge in [-0.3, -0.25) is 9.59 Å². The Morgan fingerprint density at radius 3 is 2.42 bits per heavy atom. The first-order valence-corrected chi connectivity index (χ1v) is 9.10. The molecule has 2 aromatic carbocycles. The van der Waals surface area contributed by atoms with Crippen molar-refractivity contribution in [3.05, 3.63) is 71.9 Å². The molecular formula is C22H21NO3. The Morgan fingerprint density at radius 2 is 1.65 bits per heavy atom. The SMILES string of the molecule is O=C(O[C@@H](C(=O)c1c[nH]c2ccccc12)c1ccccc1)C1CCCC1. The second-order valence-corrected chi connectivity index (χ2v) is 6.82. The van der Waals surface area contributed by atoms with Crippen molar-refractivity contribution in [1.82, 2.24) is 4.98 Å². The van der Waals surface area contributed by atoms with E-state index >= 15 is 0 Å². The number of ether oxygens (including phenoxy) is 1. The molecule has 0 spiro atoms. The van der Waals surface area contributed by atoms with E-state index in [2.05, 4.69) is 4.98 Å². The molecule has 0 radical (unpaired) electrons. The van der Waals surface area contributed by atoms with Gasteiger partial charge in [0.2, 0.25) is 5.78 Å². The summed E-state index contributed by atoms with van der Waals surface area (Å²) in [5.74, 6) is -0.540. The molecule has 1 saturated carbocycles. The smallest absolute Gasteiger partial charge is 0.310 e. The maximum absolute atomic E-state index is 13.3. The number of fused-ring (bicyclic) bond motifs is 1. The number of rotatable bonds is 5. The third kappa shape index (κ3) is 3.15. The van der Waals surface area contributed by atoms with Crippen LogP contribution in [0.25, 0.3) is 10.9 Å². The maximum Gasteiger partial charge on any atom is 0.310 e. The minimum absolute atomic E-state index is 0.0861. The number of H-pyrrole nitrogens is 1. The van der Waals surface area contributed by atoms with E-state index in [9.17, 15) is 9.59 Å². The average molecular weight is 347 g/mol. The second kappa shape index (κ2) is 7.16. The molecule has 3 aromatic rings. The minimum Gasteiger partial charge on any atom is -0.449 e. The molecule has 0 unspecified atom stereocenters. The highest BCUT2D eigenvalue weighted by atomic mass is 16.5. The molecule has 132 valence electrons. The van der Waals surface area contributed by atoms with Crippen LogP contribution in [0, 0.1) is 5.92 Å². The van der Waals surface area contributed by atoms with Gasteiger partial charge in [-0.1, -0.05) is 61.4 Å². The number of esters is 1. The Bertz CT molecular complexity index is 923. The Kier molecular flexibility index (Phi) is 4.57. The molecule has 0 amide bonds. The van der Waals surface area contributed by atoms with Crippen LogP contribution in [0.4, 0.5) is 0 Å². The molecule has 1 fully saturated rings. The van der Waals surface area contributed by atoms with E-state index < -0.39 is 6.10 Å². The molecule has 4 rings (SSSR count). The summed E-state index contributed by atoms with van der Waals surface area (Å²) in [5, 5.41) is 0.843. The second-order valence-electron chi connectivity index (χ2n) is 6.82. The van der Waals surface area contributed by atoms with Gasteiger partial charge < -0.3 is 9.72 Å². The highest BCUT2D eigenvalue weighted by Crippen LogP contribution is 2.31. The number of hydrogen-bond donors (Lipinski definition) is 1. The maximum atomic E-state index is 13.3. The summed E-state index contributed by atoms with van der Waals surface area (Å²) >= 11 is 0. The van der Waals surface area contributed by atoms with Crippen LogP contribution in [0.2, 0.25) is 0 Å². The van der Waals surface area contributed by atoms with Gasteiger partial charge >= 0.3 is 5.97 Å². The van der Waals surface area contributed by atoms with Crippen LogP contribution in [-0.4, -0.2) is 16.7 Å². The molecule has 1 atom stereocenters. The summed E-state index contributed by atoms with van der Waals surface area (Å²) in [6.45, 7) is 0. The van der Waals surface area contributed by atoms with Crippen LogP contribution in [0.5, 0.6) is 0 Å². The van der Waals surface area contributed by atoms with E-state index in [1.54, 1.807) is 6.20 Å². The number of carbonyl (C=O) groups excluding carboxylic acids is 2. The molecule has 1 aliphatic rings. The molecule has 1 heterocycles. The Balaban J connectivity index is 1.68. The summed E-state index contributed by atoms with van der Waals surface area (Å²) in [6.07, 6.45) is 4.58. The van der Waals surface area contributed by atoms with Crippen LogP contribution >= 0.6 is 0 Å². The largest absolute Gasteiger partial charge is 0.449 e. The lowest BCUT2D eigenvalue weighted by Gasteiger charge is -2.19. The molecule has 0 bridgehead atoms. The van der Waals surface area contributed by atoms with Crippen LogP contribution < -0.4 is 0 Å². The monoisotopic (exact) mass is 347 g/mol. The molecule has 1 N–H and O–H groups in total. The van der Waals surface area contributed by atoms with Crippen molar-refractivity contribution in [2.24, 2.45) is 5.92 Å². The fraction of sp³-hybridized carbons (Fsp3) is 0.273. The van der Waals surface area contributed by atoms with Crippen LogP contribution in [0.1, 0.15) is 47.7 Å². The van der Waals surface area contributed by atoms with Crippen molar-refractivity contribution >= 4 is 22.7 Å². The summed E-state index contributed by atoms with van der Waals surface area (Å²) in [7, 11) is 0. The molecule has 1 aromatic heterocycles. The van der Waals surface area contributed by atoms with Crippen molar-refractivity contribution in [1.29, 1.82) is 0 Å². The molecule has 26 heavy (non-hydrogen) atoms. The van der Waals surface area contributed by atoms with Crippen LogP contribution in [0.3, 0.4) is 0 Å². The predicted molar refractivity (Wildman–Crippen MR) is 99.9 cm³/mol. The Labute approximate surface area is 152 Å². The highest BCUT2D eigenvalue weighted by molar-refractivity contribution is 6.10. The minimum atomic E-state index is -0.913. The number of ketones is 1. The van der Waals surface area contributed by atoms with Gasteiger partial charge in [0.05, 0.1) is 5.92 Å². The number of hydrogen-bond acceptors (Lipinski definition) is 3. The van der Waals surface area contributed by atoms with E-state index in [-0.39, 0.29) is 17.7 Å². The Morgan fingerprint density at radius 1 is 0.962 bits per heavy atom. The fourth-order valence-corrected chi connectivity index (χ4v) is 3.69. The first-order valence-electron chi connectivity index (χ1n) is 9.10. The van der Waals surface area contributed by atoms with Crippen molar-refractivity contribution < 1.29 is 14.3 Å². The molecule has 4 heteroatoms. The molecule has 0 aliphatic heterocycles. The summed E-state index contributed by atoms with van der Waals surface area (Å²) < 4.78 is 5.75. The van der Waals surface area contributed by atoms with E-state index in [4.69, 9.17) is 4.74 Å². The van der Waals surface area contributed by atoms with Gasteiger partial charge in [-0.2, -0.15) is 0 Å². The van der Waals surface area contributed by atoms with E-state index in [1.807, 2.05) is 54.6 Å². The summed E-state index contributed by atoms with van der Waals surface area (Å²) in [6, 6.07) is 16.9. The zero-order valence-corrected chi connectivity index (χ0v) is 14.5. The highest BCUT2D eigenvalue weighted by Gasteiger charge is 2.32. The molecule has 1 aliphatic carbocycles. The first-order chi connectivity index (χ1) is 12.7. The van der Waals surface area contributed by atoms with E-state index in [1.165, 1.54) is 0 Å². The number of para-hydroxylation sites is 1. The number of aromatic nitrogens is 1. The number of carbonyl (C=O) groups is 2. The van der Waals surface area contributed by atoms with Crippen LogP contribution in [0.15, 0.2) is 60.8 Å². The van der Waals surface area contributed by atoms with Crippen molar-refractivity contribution in [2.45, 2.75) is 31.8 Å². The van der Waals surface area contributed by atoms with Gasteiger partial charge in [0.15, 0.2) is 6.10 Å². The van der Waals surface area contributed by atoms with Crippen molar-refractivity contribution in [3.63, 3.8) is 0 Å². The Hall–Kier alpha value is -2.88. The van der Waals surface area contributed by atoms with Crippen LogP contribution in [-0.2, 0) is 9.53 Å². The van der Waals surface area contributed by atoms with Crippen molar-refractivity contribution in [3.8, 4) is 0 Å². The topological polar surface area (TPSA) is 59.2 Å². The van der Waals surface area contributed by atoms with Crippen molar-refractivity contribution in [2.75, 3.05) is 0 Å². The van der Waals surface area contributed by atoms with Gasteiger partial charge in [-0.25, -0.2) is 0 Å². The van der Waals surface area contributed by atoms with Gasteiger partial charge in [-0.05, 0) is 18.9 Å². The third-order valence-corrected chi connectivity index (χ3v) is 5.12.